The number of amides is 2. The molecule has 5 nitrogen and oxygen atoms in total. The van der Waals surface area contributed by atoms with Crippen LogP contribution >= 0.6 is 12.4 Å². The van der Waals surface area contributed by atoms with Crippen molar-refractivity contribution < 1.29 is 14.0 Å². The Morgan fingerprint density at radius 1 is 1.39 bits per heavy atom. The minimum atomic E-state index is -0.602. The molecule has 23 heavy (non-hydrogen) atoms. The zero-order valence-electron chi connectivity index (χ0n) is 13.3. The largest absolute Gasteiger partial charge is 0.348 e. The SMILES string of the molecule is CC(C)CC(=O)Nc1ccc(C(=O)NC2CCNC2)cc1F.Cl. The Kier molecular flexibility index (Phi) is 7.45. The third-order valence-corrected chi connectivity index (χ3v) is 3.49. The molecule has 0 bridgehead atoms. The van der Waals surface area contributed by atoms with Crippen LogP contribution in [0.4, 0.5) is 10.1 Å². The normalized spacial score (nSPS) is 16.8. The number of carbonyl (C=O) groups excluding carboxylic acids is 2. The number of benzene rings is 1. The smallest absolute Gasteiger partial charge is 0.251 e. The van der Waals surface area contributed by atoms with E-state index in [-0.39, 0.29) is 47.4 Å². The lowest BCUT2D eigenvalue weighted by Crippen LogP contribution is -2.36. The molecule has 7 heteroatoms. The molecule has 1 unspecified atom stereocenters. The van der Waals surface area contributed by atoms with Crippen LogP contribution in [0.2, 0.25) is 0 Å². The first kappa shape index (κ1) is 19.4. The van der Waals surface area contributed by atoms with Crippen LogP contribution in [0, 0.1) is 11.7 Å². The van der Waals surface area contributed by atoms with Crippen molar-refractivity contribution in [1.29, 1.82) is 0 Å². The van der Waals surface area contributed by atoms with E-state index in [1.165, 1.54) is 12.1 Å². The van der Waals surface area contributed by atoms with E-state index in [0.717, 1.165) is 25.6 Å². The fourth-order valence-electron chi connectivity index (χ4n) is 2.38. The van der Waals surface area contributed by atoms with Crippen LogP contribution < -0.4 is 16.0 Å². The van der Waals surface area contributed by atoms with Crippen LogP contribution in [0.3, 0.4) is 0 Å². The molecule has 1 aliphatic rings. The molecule has 1 aromatic carbocycles. The van der Waals surface area contributed by atoms with Gasteiger partial charge < -0.3 is 16.0 Å². The van der Waals surface area contributed by atoms with E-state index in [4.69, 9.17) is 0 Å². The van der Waals surface area contributed by atoms with Crippen LogP contribution in [0.1, 0.15) is 37.0 Å². The van der Waals surface area contributed by atoms with E-state index >= 15 is 0 Å². The highest BCUT2D eigenvalue weighted by Crippen LogP contribution is 2.17. The maximum absolute atomic E-state index is 14.0. The summed E-state index contributed by atoms with van der Waals surface area (Å²) in [6.45, 7) is 5.44. The van der Waals surface area contributed by atoms with Crippen LogP contribution in [0.15, 0.2) is 18.2 Å². The van der Waals surface area contributed by atoms with E-state index in [2.05, 4.69) is 16.0 Å². The number of nitrogens with one attached hydrogen (secondary N) is 3. The van der Waals surface area contributed by atoms with Gasteiger partial charge in [-0.2, -0.15) is 0 Å². The quantitative estimate of drug-likeness (QED) is 0.768. The van der Waals surface area contributed by atoms with Crippen molar-refractivity contribution in [1.82, 2.24) is 10.6 Å². The van der Waals surface area contributed by atoms with E-state index in [1.807, 2.05) is 13.8 Å². The van der Waals surface area contributed by atoms with Crippen molar-refractivity contribution in [3.05, 3.63) is 29.6 Å². The molecule has 1 heterocycles. The molecule has 2 amide bonds. The summed E-state index contributed by atoms with van der Waals surface area (Å²) in [5.41, 5.74) is 0.357. The minimum Gasteiger partial charge on any atom is -0.348 e. The second-order valence-corrected chi connectivity index (χ2v) is 6.00. The van der Waals surface area contributed by atoms with Crippen molar-refractivity contribution in [2.75, 3.05) is 18.4 Å². The molecule has 128 valence electrons. The number of halogens is 2. The van der Waals surface area contributed by atoms with Gasteiger partial charge in [0.05, 0.1) is 5.69 Å². The van der Waals surface area contributed by atoms with Gasteiger partial charge >= 0.3 is 0 Å². The fraction of sp³-hybridized carbons (Fsp3) is 0.500. The summed E-state index contributed by atoms with van der Waals surface area (Å²) in [5, 5.41) is 8.53. The first-order valence-electron chi connectivity index (χ1n) is 7.56. The van der Waals surface area contributed by atoms with Crippen molar-refractivity contribution in [3.63, 3.8) is 0 Å². The monoisotopic (exact) mass is 343 g/mol. The first-order chi connectivity index (χ1) is 10.5. The number of rotatable bonds is 5. The molecule has 0 saturated carbocycles. The van der Waals surface area contributed by atoms with Crippen molar-refractivity contribution in [2.45, 2.75) is 32.7 Å². The second-order valence-electron chi connectivity index (χ2n) is 6.00. The average molecular weight is 344 g/mol. The van der Waals surface area contributed by atoms with Gasteiger partial charge in [-0.3, -0.25) is 9.59 Å². The Morgan fingerprint density at radius 2 is 2.13 bits per heavy atom. The van der Waals surface area contributed by atoms with Gasteiger partial charge in [0.1, 0.15) is 5.82 Å². The van der Waals surface area contributed by atoms with E-state index in [0.29, 0.717) is 6.42 Å². The van der Waals surface area contributed by atoms with Crippen molar-refractivity contribution in [3.8, 4) is 0 Å². The third-order valence-electron chi connectivity index (χ3n) is 3.49. The number of anilines is 1. The molecule has 0 aromatic heterocycles. The lowest BCUT2D eigenvalue weighted by atomic mass is 10.1. The highest BCUT2D eigenvalue weighted by atomic mass is 35.5. The number of carbonyl (C=O) groups is 2. The molecule has 0 spiro atoms. The second kappa shape index (κ2) is 8.84. The van der Waals surface area contributed by atoms with Gasteiger partial charge in [0.2, 0.25) is 5.91 Å². The lowest BCUT2D eigenvalue weighted by molar-refractivity contribution is -0.116. The number of hydrogen-bond acceptors (Lipinski definition) is 3. The van der Waals surface area contributed by atoms with Crippen LogP contribution in [-0.2, 0) is 4.79 Å². The molecular weight excluding hydrogens is 321 g/mol. The molecule has 0 aliphatic carbocycles. The van der Waals surface area contributed by atoms with E-state index < -0.39 is 5.82 Å². The van der Waals surface area contributed by atoms with Crippen molar-refractivity contribution in [2.24, 2.45) is 5.92 Å². The summed E-state index contributed by atoms with van der Waals surface area (Å²) in [7, 11) is 0. The summed E-state index contributed by atoms with van der Waals surface area (Å²) in [4.78, 5) is 23.7. The predicted molar refractivity (Wildman–Crippen MR) is 90.5 cm³/mol. The van der Waals surface area contributed by atoms with Gasteiger partial charge in [0, 0.05) is 24.6 Å². The zero-order valence-corrected chi connectivity index (χ0v) is 14.1. The summed E-state index contributed by atoms with van der Waals surface area (Å²) < 4.78 is 14.0. The third kappa shape index (κ3) is 5.80. The highest BCUT2D eigenvalue weighted by molar-refractivity contribution is 5.96. The summed E-state index contributed by atoms with van der Waals surface area (Å²) in [6.07, 6.45) is 1.20. The molecule has 1 saturated heterocycles. The number of hydrogen-bond donors (Lipinski definition) is 3. The van der Waals surface area contributed by atoms with E-state index in [1.54, 1.807) is 0 Å². The van der Waals surface area contributed by atoms with Crippen LogP contribution in [-0.4, -0.2) is 30.9 Å². The van der Waals surface area contributed by atoms with Gasteiger partial charge in [0.25, 0.3) is 5.91 Å². The summed E-state index contributed by atoms with van der Waals surface area (Å²) >= 11 is 0. The standard InChI is InChI=1S/C16H22FN3O2.ClH/c1-10(2)7-15(21)20-14-4-3-11(8-13(14)17)16(22)19-12-5-6-18-9-12;/h3-4,8,10,12,18H,5-7,9H2,1-2H3,(H,19,22)(H,20,21);1H. The Balaban J connectivity index is 0.00000264. The Bertz CT molecular complexity index is 560. The van der Waals surface area contributed by atoms with Crippen LogP contribution in [0.25, 0.3) is 0 Å². The maximum Gasteiger partial charge on any atom is 0.251 e. The lowest BCUT2D eigenvalue weighted by Gasteiger charge is -2.12. The van der Waals surface area contributed by atoms with Crippen LogP contribution in [0.5, 0.6) is 0 Å². The first-order valence-corrected chi connectivity index (χ1v) is 7.56. The summed E-state index contributed by atoms with van der Waals surface area (Å²) in [6, 6.07) is 4.19. The minimum absolute atomic E-state index is 0. The van der Waals surface area contributed by atoms with Gasteiger partial charge in [-0.25, -0.2) is 4.39 Å². The molecule has 2 rings (SSSR count). The van der Waals surface area contributed by atoms with Gasteiger partial charge in [0.15, 0.2) is 0 Å². The Hall–Kier alpha value is -1.66. The topological polar surface area (TPSA) is 70.2 Å². The molecule has 1 aromatic rings. The molecule has 1 fully saturated rings. The van der Waals surface area contributed by atoms with Crippen molar-refractivity contribution >= 4 is 29.9 Å². The molecule has 1 atom stereocenters. The van der Waals surface area contributed by atoms with Gasteiger partial charge in [-0.05, 0) is 37.1 Å². The Labute approximate surface area is 141 Å². The zero-order chi connectivity index (χ0) is 16.1. The fourth-order valence-corrected chi connectivity index (χ4v) is 2.38. The maximum atomic E-state index is 14.0. The average Bonchev–Trinajstić information content (AvgIpc) is 2.93. The van der Waals surface area contributed by atoms with Gasteiger partial charge in [-0.15, -0.1) is 12.4 Å². The molecule has 1 aliphatic heterocycles. The molecule has 0 radical (unpaired) electrons. The molecule has 3 N–H and O–H groups in total. The Morgan fingerprint density at radius 3 is 2.70 bits per heavy atom. The summed E-state index contributed by atoms with van der Waals surface area (Å²) in [5.74, 6) is -0.932. The molecular formula is C16H23ClFN3O2. The van der Waals surface area contributed by atoms with E-state index in [9.17, 15) is 14.0 Å². The van der Waals surface area contributed by atoms with Gasteiger partial charge in [-0.1, -0.05) is 13.8 Å². The predicted octanol–water partition coefficient (Wildman–Crippen LogP) is 2.32. The highest BCUT2D eigenvalue weighted by Gasteiger charge is 2.18.